The molecule has 0 radical (unpaired) electrons. The molecule has 1 aromatic rings. The molecule has 0 saturated carbocycles. The van der Waals surface area contributed by atoms with E-state index in [0.717, 1.165) is 19.3 Å². The molecule has 0 unspecified atom stereocenters. The normalized spacial score (nSPS) is 10.1. The summed E-state index contributed by atoms with van der Waals surface area (Å²) in [5, 5.41) is 13.6. The number of nitro groups is 1. The van der Waals surface area contributed by atoms with Crippen molar-refractivity contribution in [3.63, 3.8) is 0 Å². The summed E-state index contributed by atoms with van der Waals surface area (Å²) in [5.41, 5.74) is 0.0251. The average molecular weight is 301 g/mol. The van der Waals surface area contributed by atoms with Gasteiger partial charge >= 0.3 is 5.69 Å². The predicted molar refractivity (Wildman–Crippen MR) is 76.6 cm³/mol. The van der Waals surface area contributed by atoms with Crippen LogP contribution in [0.3, 0.4) is 0 Å². The predicted octanol–water partition coefficient (Wildman–Crippen LogP) is 2.74. The molecule has 7 heteroatoms. The smallest absolute Gasteiger partial charge is 0.311 e. The number of nitro benzene ring substituents is 1. The minimum atomic E-state index is -0.573. The number of nitrogens with zero attached hydrogens (tertiary/aromatic N) is 1. The second kappa shape index (κ2) is 8.37. The van der Waals surface area contributed by atoms with Crippen molar-refractivity contribution in [2.45, 2.75) is 19.3 Å². The van der Waals surface area contributed by atoms with Gasteiger partial charge in [-0.3, -0.25) is 14.9 Å². The van der Waals surface area contributed by atoms with Gasteiger partial charge in [0.15, 0.2) is 5.75 Å². The number of alkyl halides is 1. The van der Waals surface area contributed by atoms with E-state index in [2.05, 4.69) is 5.32 Å². The monoisotopic (exact) mass is 300 g/mol. The number of rotatable bonds is 8. The largest absolute Gasteiger partial charge is 0.490 e. The van der Waals surface area contributed by atoms with Crippen LogP contribution in [0.15, 0.2) is 18.2 Å². The fourth-order valence-electron chi connectivity index (χ4n) is 1.67. The van der Waals surface area contributed by atoms with Crippen LogP contribution in [0, 0.1) is 10.1 Å². The Hall–Kier alpha value is -1.82. The lowest BCUT2D eigenvalue weighted by atomic mass is 10.1. The van der Waals surface area contributed by atoms with Gasteiger partial charge in [-0.1, -0.05) is 6.42 Å². The standard InChI is InChI=1S/C13H17ClN2O4/c1-20-12-6-5-10(9-11(12)16(18)19)13(17)15-8-4-2-3-7-14/h5-6,9H,2-4,7-8H2,1H3,(H,15,17). The number of carbonyl (C=O) groups is 1. The first-order valence-electron chi connectivity index (χ1n) is 6.26. The van der Waals surface area contributed by atoms with Crippen LogP contribution in [0.5, 0.6) is 5.75 Å². The van der Waals surface area contributed by atoms with E-state index in [4.69, 9.17) is 16.3 Å². The molecule has 6 nitrogen and oxygen atoms in total. The average Bonchev–Trinajstić information content (AvgIpc) is 2.46. The SMILES string of the molecule is COc1ccc(C(=O)NCCCCCCl)cc1[N+](=O)[O-]. The van der Waals surface area contributed by atoms with E-state index < -0.39 is 4.92 Å². The first kappa shape index (κ1) is 16.2. The minimum Gasteiger partial charge on any atom is -0.490 e. The lowest BCUT2D eigenvalue weighted by molar-refractivity contribution is -0.385. The summed E-state index contributed by atoms with van der Waals surface area (Å²) in [5.74, 6) is 0.411. The van der Waals surface area contributed by atoms with Gasteiger partial charge in [-0.05, 0) is 25.0 Å². The van der Waals surface area contributed by atoms with Crippen LogP contribution < -0.4 is 10.1 Å². The summed E-state index contributed by atoms with van der Waals surface area (Å²) in [7, 11) is 1.35. The maximum absolute atomic E-state index is 11.9. The topological polar surface area (TPSA) is 81.5 Å². The van der Waals surface area contributed by atoms with Crippen molar-refractivity contribution >= 4 is 23.2 Å². The maximum Gasteiger partial charge on any atom is 0.311 e. The van der Waals surface area contributed by atoms with Crippen molar-refractivity contribution in [2.24, 2.45) is 0 Å². The number of amides is 1. The summed E-state index contributed by atoms with van der Waals surface area (Å²) in [6, 6.07) is 4.13. The Balaban J connectivity index is 2.64. The van der Waals surface area contributed by atoms with Crippen molar-refractivity contribution < 1.29 is 14.5 Å². The van der Waals surface area contributed by atoms with Crippen molar-refractivity contribution in [2.75, 3.05) is 19.5 Å². The Kier molecular flexibility index (Phi) is 6.79. The number of ether oxygens (including phenoxy) is 1. The molecule has 110 valence electrons. The van der Waals surface area contributed by atoms with Crippen LogP contribution in [0.1, 0.15) is 29.6 Å². The van der Waals surface area contributed by atoms with E-state index in [0.29, 0.717) is 12.4 Å². The molecule has 0 fully saturated rings. The Bertz CT molecular complexity index is 479. The molecular weight excluding hydrogens is 284 g/mol. The van der Waals surface area contributed by atoms with Crippen molar-refractivity contribution in [1.29, 1.82) is 0 Å². The number of hydrogen-bond donors (Lipinski definition) is 1. The highest BCUT2D eigenvalue weighted by Crippen LogP contribution is 2.27. The van der Waals surface area contributed by atoms with Gasteiger partial charge in [0, 0.05) is 24.1 Å². The van der Waals surface area contributed by atoms with Crippen molar-refractivity contribution in [3.8, 4) is 5.75 Å². The van der Waals surface area contributed by atoms with Gasteiger partial charge in [0.1, 0.15) is 0 Å². The summed E-state index contributed by atoms with van der Waals surface area (Å²) in [6.45, 7) is 0.523. The molecule has 0 bridgehead atoms. The molecule has 1 rings (SSSR count). The molecule has 1 amide bonds. The Labute approximate surface area is 122 Å². The lowest BCUT2D eigenvalue weighted by Crippen LogP contribution is -2.24. The third kappa shape index (κ3) is 4.70. The van der Waals surface area contributed by atoms with Crippen molar-refractivity contribution in [1.82, 2.24) is 5.32 Å². The Morgan fingerprint density at radius 3 is 2.75 bits per heavy atom. The Morgan fingerprint density at radius 2 is 2.15 bits per heavy atom. The van der Waals surface area contributed by atoms with E-state index in [1.165, 1.54) is 25.3 Å². The quantitative estimate of drug-likeness (QED) is 0.346. The van der Waals surface area contributed by atoms with Gasteiger partial charge in [-0.25, -0.2) is 0 Å². The molecule has 0 aliphatic carbocycles. The highest BCUT2D eigenvalue weighted by molar-refractivity contribution is 6.17. The van der Waals surface area contributed by atoms with Gasteiger partial charge in [-0.2, -0.15) is 0 Å². The number of hydrogen-bond acceptors (Lipinski definition) is 4. The summed E-state index contributed by atoms with van der Waals surface area (Å²) < 4.78 is 4.88. The zero-order chi connectivity index (χ0) is 15.0. The second-order valence-electron chi connectivity index (χ2n) is 4.15. The van der Waals surface area contributed by atoms with Crippen molar-refractivity contribution in [3.05, 3.63) is 33.9 Å². The van der Waals surface area contributed by atoms with Gasteiger partial charge in [0.2, 0.25) is 0 Å². The highest BCUT2D eigenvalue weighted by Gasteiger charge is 2.17. The molecule has 0 spiro atoms. The molecule has 0 aliphatic rings. The fourth-order valence-corrected chi connectivity index (χ4v) is 1.86. The van der Waals surface area contributed by atoms with Gasteiger partial charge in [0.05, 0.1) is 12.0 Å². The molecule has 0 aliphatic heterocycles. The van der Waals surface area contributed by atoms with Crippen LogP contribution in [-0.2, 0) is 0 Å². The molecule has 20 heavy (non-hydrogen) atoms. The van der Waals surface area contributed by atoms with Crippen LogP contribution in [0.2, 0.25) is 0 Å². The summed E-state index contributed by atoms with van der Waals surface area (Å²) in [6.07, 6.45) is 2.68. The summed E-state index contributed by atoms with van der Waals surface area (Å²) in [4.78, 5) is 22.1. The number of nitrogens with one attached hydrogen (secondary N) is 1. The van der Waals surface area contributed by atoms with Gasteiger partial charge in [-0.15, -0.1) is 11.6 Å². The molecule has 1 aromatic carbocycles. The first-order chi connectivity index (χ1) is 9.60. The Morgan fingerprint density at radius 1 is 1.40 bits per heavy atom. The third-order valence-electron chi connectivity index (χ3n) is 2.73. The van der Waals surface area contributed by atoms with E-state index in [9.17, 15) is 14.9 Å². The zero-order valence-corrected chi connectivity index (χ0v) is 12.0. The van der Waals surface area contributed by atoms with Crippen LogP contribution in [0.25, 0.3) is 0 Å². The maximum atomic E-state index is 11.9. The first-order valence-corrected chi connectivity index (χ1v) is 6.80. The lowest BCUT2D eigenvalue weighted by Gasteiger charge is -2.06. The minimum absolute atomic E-state index is 0.133. The summed E-state index contributed by atoms with van der Waals surface area (Å²) >= 11 is 5.55. The number of unbranched alkanes of at least 4 members (excludes halogenated alkanes) is 2. The third-order valence-corrected chi connectivity index (χ3v) is 3.00. The number of carbonyl (C=O) groups excluding carboxylic acids is 1. The highest BCUT2D eigenvalue weighted by atomic mass is 35.5. The van der Waals surface area contributed by atoms with Gasteiger partial charge < -0.3 is 10.1 Å². The van der Waals surface area contributed by atoms with E-state index in [-0.39, 0.29) is 22.9 Å². The van der Waals surface area contributed by atoms with E-state index >= 15 is 0 Å². The molecule has 0 heterocycles. The van der Waals surface area contributed by atoms with E-state index in [1.807, 2.05) is 0 Å². The molecule has 0 saturated heterocycles. The number of methoxy groups -OCH3 is 1. The van der Waals surface area contributed by atoms with Crippen LogP contribution in [0.4, 0.5) is 5.69 Å². The second-order valence-corrected chi connectivity index (χ2v) is 4.53. The van der Waals surface area contributed by atoms with Crippen LogP contribution >= 0.6 is 11.6 Å². The molecule has 0 atom stereocenters. The number of benzene rings is 1. The van der Waals surface area contributed by atoms with Gasteiger partial charge in [0.25, 0.3) is 5.91 Å². The van der Waals surface area contributed by atoms with Crippen LogP contribution in [-0.4, -0.2) is 30.4 Å². The van der Waals surface area contributed by atoms with E-state index in [1.54, 1.807) is 0 Å². The molecule has 1 N–H and O–H groups in total. The zero-order valence-electron chi connectivity index (χ0n) is 11.2. The fraction of sp³-hybridized carbons (Fsp3) is 0.462. The molecular formula is C13H17ClN2O4. The molecule has 0 aromatic heterocycles. The number of halogens is 1.